The van der Waals surface area contributed by atoms with Gasteiger partial charge < -0.3 is 4.98 Å². The molecule has 0 saturated carbocycles. The molecular formula is C7H3F2N3O3. The van der Waals surface area contributed by atoms with E-state index < -0.39 is 33.9 Å². The van der Waals surface area contributed by atoms with Gasteiger partial charge in [-0.3, -0.25) is 14.9 Å². The van der Waals surface area contributed by atoms with Crippen LogP contribution in [0, 0.1) is 21.4 Å². The quantitative estimate of drug-likeness (QED) is 0.589. The van der Waals surface area contributed by atoms with Gasteiger partial charge in [0.05, 0.1) is 4.92 Å². The molecule has 1 aromatic heterocycles. The van der Waals surface area contributed by atoms with Gasteiger partial charge in [0, 0.05) is 0 Å². The first-order valence-corrected chi connectivity index (χ1v) is 3.57. The molecule has 0 atom stereocenters. The van der Waals surface area contributed by atoms with Gasteiger partial charge in [-0.05, 0) is 6.07 Å². The van der Waals surface area contributed by atoms with Crippen LogP contribution in [0.15, 0.2) is 10.9 Å². The number of halogens is 2. The zero-order valence-electron chi connectivity index (χ0n) is 7.03. The standard InChI is InChI=1S/C7H3F2N3O3/c8-6(9)4-1-3(2-10)11-7(13)5(4)12(14)15/h1,6H,(H,11,13). The lowest BCUT2D eigenvalue weighted by atomic mass is 10.2. The number of alkyl halides is 2. The van der Waals surface area contributed by atoms with E-state index in [0.29, 0.717) is 6.07 Å². The van der Waals surface area contributed by atoms with Gasteiger partial charge in [0.15, 0.2) is 0 Å². The molecule has 0 fully saturated rings. The number of hydrogen-bond donors (Lipinski definition) is 1. The molecule has 0 spiro atoms. The molecule has 78 valence electrons. The van der Waals surface area contributed by atoms with E-state index in [9.17, 15) is 23.7 Å². The van der Waals surface area contributed by atoms with Crippen LogP contribution in [0.3, 0.4) is 0 Å². The number of nitro groups is 1. The van der Waals surface area contributed by atoms with Gasteiger partial charge in [0.1, 0.15) is 17.3 Å². The van der Waals surface area contributed by atoms with Crippen LogP contribution in [0.2, 0.25) is 0 Å². The van der Waals surface area contributed by atoms with Crippen molar-refractivity contribution in [1.29, 1.82) is 5.26 Å². The number of nitriles is 1. The Balaban J connectivity index is 3.59. The first-order chi connectivity index (χ1) is 6.97. The molecule has 0 aliphatic rings. The normalized spacial score (nSPS) is 10.0. The highest BCUT2D eigenvalue weighted by Crippen LogP contribution is 2.25. The molecule has 0 amide bonds. The second-order valence-corrected chi connectivity index (χ2v) is 2.49. The van der Waals surface area contributed by atoms with Crippen LogP contribution in [0.5, 0.6) is 0 Å². The molecule has 0 unspecified atom stereocenters. The van der Waals surface area contributed by atoms with Crippen molar-refractivity contribution >= 4 is 5.69 Å². The minimum Gasteiger partial charge on any atom is -0.308 e. The molecule has 0 aliphatic carbocycles. The fourth-order valence-electron chi connectivity index (χ4n) is 0.987. The van der Waals surface area contributed by atoms with Crippen LogP contribution >= 0.6 is 0 Å². The number of aromatic amines is 1. The first-order valence-electron chi connectivity index (χ1n) is 3.57. The van der Waals surface area contributed by atoms with Gasteiger partial charge in [0.2, 0.25) is 0 Å². The summed E-state index contributed by atoms with van der Waals surface area (Å²) in [5.74, 6) is 0. The third kappa shape index (κ3) is 1.96. The number of rotatable bonds is 2. The summed E-state index contributed by atoms with van der Waals surface area (Å²) in [6.07, 6.45) is -3.18. The lowest BCUT2D eigenvalue weighted by Crippen LogP contribution is -2.15. The van der Waals surface area contributed by atoms with Crippen LogP contribution in [0.4, 0.5) is 14.5 Å². The van der Waals surface area contributed by atoms with E-state index >= 15 is 0 Å². The summed E-state index contributed by atoms with van der Waals surface area (Å²) in [5, 5.41) is 18.7. The van der Waals surface area contributed by atoms with Crippen molar-refractivity contribution in [2.45, 2.75) is 6.43 Å². The van der Waals surface area contributed by atoms with E-state index in [4.69, 9.17) is 5.26 Å². The largest absolute Gasteiger partial charge is 0.342 e. The molecule has 1 rings (SSSR count). The van der Waals surface area contributed by atoms with E-state index in [2.05, 4.69) is 0 Å². The predicted molar refractivity (Wildman–Crippen MR) is 43.4 cm³/mol. The maximum Gasteiger partial charge on any atom is 0.342 e. The maximum absolute atomic E-state index is 12.3. The highest BCUT2D eigenvalue weighted by molar-refractivity contribution is 5.42. The van der Waals surface area contributed by atoms with Crippen molar-refractivity contribution < 1.29 is 13.7 Å². The molecule has 0 saturated heterocycles. The Morgan fingerprint density at radius 2 is 2.20 bits per heavy atom. The summed E-state index contributed by atoms with van der Waals surface area (Å²) in [6.45, 7) is 0. The van der Waals surface area contributed by atoms with Crippen molar-refractivity contribution in [2.24, 2.45) is 0 Å². The van der Waals surface area contributed by atoms with E-state index in [1.807, 2.05) is 4.98 Å². The molecule has 8 heteroatoms. The molecule has 0 radical (unpaired) electrons. The third-order valence-corrected chi connectivity index (χ3v) is 1.57. The SMILES string of the molecule is N#Cc1cc(C(F)F)c([N+](=O)[O-])c(=O)[nH]1. The fourth-order valence-corrected chi connectivity index (χ4v) is 0.987. The van der Waals surface area contributed by atoms with Crippen LogP contribution in [-0.4, -0.2) is 9.91 Å². The molecular weight excluding hydrogens is 212 g/mol. The summed E-state index contributed by atoms with van der Waals surface area (Å²) in [7, 11) is 0. The molecule has 1 aromatic rings. The second-order valence-electron chi connectivity index (χ2n) is 2.49. The molecule has 0 aliphatic heterocycles. The summed E-state index contributed by atoms with van der Waals surface area (Å²) in [5.41, 5.74) is -4.04. The van der Waals surface area contributed by atoms with Crippen molar-refractivity contribution in [3.05, 3.63) is 37.8 Å². The zero-order valence-corrected chi connectivity index (χ0v) is 7.03. The minimum absolute atomic E-state index is 0.444. The zero-order chi connectivity index (χ0) is 11.6. The Labute approximate surface area is 80.9 Å². The average Bonchev–Trinajstić information content (AvgIpc) is 2.15. The van der Waals surface area contributed by atoms with Gasteiger partial charge in [0.25, 0.3) is 6.43 Å². The highest BCUT2D eigenvalue weighted by Gasteiger charge is 2.26. The highest BCUT2D eigenvalue weighted by atomic mass is 19.3. The molecule has 15 heavy (non-hydrogen) atoms. The summed E-state index contributed by atoms with van der Waals surface area (Å²) in [6, 6.07) is 2.01. The van der Waals surface area contributed by atoms with Crippen molar-refractivity contribution in [3.8, 4) is 6.07 Å². The lowest BCUT2D eigenvalue weighted by Gasteiger charge is -2.00. The summed E-state index contributed by atoms with van der Waals surface area (Å²) < 4.78 is 24.6. The van der Waals surface area contributed by atoms with E-state index in [1.54, 1.807) is 0 Å². The van der Waals surface area contributed by atoms with E-state index in [1.165, 1.54) is 6.07 Å². The number of H-pyrrole nitrogens is 1. The van der Waals surface area contributed by atoms with Crippen LogP contribution < -0.4 is 5.56 Å². The van der Waals surface area contributed by atoms with Crippen LogP contribution in [0.25, 0.3) is 0 Å². The third-order valence-electron chi connectivity index (χ3n) is 1.57. The molecule has 0 bridgehead atoms. The van der Waals surface area contributed by atoms with Crippen LogP contribution in [-0.2, 0) is 0 Å². The lowest BCUT2D eigenvalue weighted by molar-refractivity contribution is -0.387. The van der Waals surface area contributed by atoms with E-state index in [0.717, 1.165) is 0 Å². The maximum atomic E-state index is 12.3. The Kier molecular flexibility index (Phi) is 2.75. The van der Waals surface area contributed by atoms with Gasteiger partial charge in [-0.15, -0.1) is 0 Å². The predicted octanol–water partition coefficient (Wildman–Crippen LogP) is 1.09. The number of nitrogens with one attached hydrogen (secondary N) is 1. The van der Waals surface area contributed by atoms with Gasteiger partial charge in [-0.25, -0.2) is 8.78 Å². The summed E-state index contributed by atoms with van der Waals surface area (Å²) in [4.78, 5) is 21.9. The van der Waals surface area contributed by atoms with Crippen molar-refractivity contribution in [2.75, 3.05) is 0 Å². The molecule has 1 N–H and O–H groups in total. The number of aromatic nitrogens is 1. The van der Waals surface area contributed by atoms with Gasteiger partial charge in [-0.2, -0.15) is 5.26 Å². The van der Waals surface area contributed by atoms with E-state index in [-0.39, 0.29) is 0 Å². The molecule has 6 nitrogen and oxygen atoms in total. The Bertz CT molecular complexity index is 503. The Morgan fingerprint density at radius 1 is 1.60 bits per heavy atom. The Hall–Kier alpha value is -2.30. The topological polar surface area (TPSA) is 99.8 Å². The van der Waals surface area contributed by atoms with Gasteiger partial charge in [-0.1, -0.05) is 0 Å². The molecule has 0 aromatic carbocycles. The summed E-state index contributed by atoms with van der Waals surface area (Å²) >= 11 is 0. The monoisotopic (exact) mass is 215 g/mol. The van der Waals surface area contributed by atoms with Crippen LogP contribution in [0.1, 0.15) is 17.7 Å². The second kappa shape index (κ2) is 3.83. The van der Waals surface area contributed by atoms with Crippen molar-refractivity contribution in [3.63, 3.8) is 0 Å². The fraction of sp³-hybridized carbons (Fsp3) is 0.143. The molecule has 1 heterocycles. The number of hydrogen-bond acceptors (Lipinski definition) is 4. The number of pyridine rings is 1. The van der Waals surface area contributed by atoms with Gasteiger partial charge >= 0.3 is 11.2 Å². The first kappa shape index (κ1) is 10.8. The Morgan fingerprint density at radius 3 is 2.60 bits per heavy atom. The van der Waals surface area contributed by atoms with Crippen molar-refractivity contribution in [1.82, 2.24) is 4.98 Å². The average molecular weight is 215 g/mol. The number of nitrogens with zero attached hydrogens (tertiary/aromatic N) is 2. The smallest absolute Gasteiger partial charge is 0.308 e. The minimum atomic E-state index is -3.18.